The minimum atomic E-state index is 0.0920. The summed E-state index contributed by atoms with van der Waals surface area (Å²) in [6.45, 7) is 3.83. The lowest BCUT2D eigenvalue weighted by atomic mass is 9.98. The Kier molecular flexibility index (Phi) is 4.04. The summed E-state index contributed by atoms with van der Waals surface area (Å²) >= 11 is 0. The third-order valence-electron chi connectivity index (χ3n) is 2.92. The first-order valence-corrected chi connectivity index (χ1v) is 6.08. The number of allylic oxidation sites excluding steroid dienone is 2. The van der Waals surface area contributed by atoms with Gasteiger partial charge in [-0.15, -0.1) is 6.58 Å². The molecule has 0 saturated heterocycles. The Labute approximate surface area is 113 Å². The molecule has 2 aromatic carbocycles. The summed E-state index contributed by atoms with van der Waals surface area (Å²) in [6.07, 6.45) is 5.87. The van der Waals surface area contributed by atoms with Crippen LogP contribution in [0.25, 0.3) is 6.08 Å². The molecule has 1 atom stereocenters. The standard InChI is InChI=1S/C17H16O2/c1-2-14(15-7-11-17(19)12-8-15)6-3-13-4-9-16(18)10-5-13/h2-12,14,18-19H,1H2/t14-/m1/s1. The van der Waals surface area contributed by atoms with Gasteiger partial charge in [0.05, 0.1) is 0 Å². The zero-order valence-corrected chi connectivity index (χ0v) is 10.5. The molecule has 0 saturated carbocycles. The van der Waals surface area contributed by atoms with E-state index >= 15 is 0 Å². The Balaban J connectivity index is 2.17. The van der Waals surface area contributed by atoms with E-state index in [4.69, 9.17) is 0 Å². The second kappa shape index (κ2) is 5.91. The normalized spacial score (nSPS) is 12.4. The van der Waals surface area contributed by atoms with Crippen molar-refractivity contribution < 1.29 is 10.2 Å². The van der Waals surface area contributed by atoms with E-state index < -0.39 is 0 Å². The van der Waals surface area contributed by atoms with Gasteiger partial charge in [-0.1, -0.05) is 42.5 Å². The van der Waals surface area contributed by atoms with Gasteiger partial charge in [0.1, 0.15) is 11.5 Å². The SMILES string of the molecule is C=C[C@H](C=Cc1ccc(O)cc1)c1ccc(O)cc1. The van der Waals surface area contributed by atoms with E-state index in [-0.39, 0.29) is 17.4 Å². The molecule has 0 aliphatic heterocycles. The molecule has 19 heavy (non-hydrogen) atoms. The monoisotopic (exact) mass is 252 g/mol. The van der Waals surface area contributed by atoms with Gasteiger partial charge in [-0.25, -0.2) is 0 Å². The number of hydrogen-bond acceptors (Lipinski definition) is 2. The fourth-order valence-corrected chi connectivity index (χ4v) is 1.82. The van der Waals surface area contributed by atoms with Crippen molar-refractivity contribution in [2.45, 2.75) is 5.92 Å². The third-order valence-corrected chi connectivity index (χ3v) is 2.92. The molecule has 0 amide bonds. The maximum atomic E-state index is 9.28. The fraction of sp³-hybridized carbons (Fsp3) is 0.0588. The largest absolute Gasteiger partial charge is 0.508 e. The molecule has 0 aliphatic carbocycles. The first-order chi connectivity index (χ1) is 9.19. The van der Waals surface area contributed by atoms with Crippen molar-refractivity contribution >= 4 is 6.08 Å². The third kappa shape index (κ3) is 3.49. The minimum Gasteiger partial charge on any atom is -0.508 e. The molecule has 2 aromatic rings. The van der Waals surface area contributed by atoms with E-state index in [0.29, 0.717) is 0 Å². The van der Waals surface area contributed by atoms with Crippen molar-refractivity contribution in [3.8, 4) is 11.5 Å². The molecule has 0 radical (unpaired) electrons. The maximum Gasteiger partial charge on any atom is 0.115 e. The molecule has 96 valence electrons. The van der Waals surface area contributed by atoms with Gasteiger partial charge in [-0.2, -0.15) is 0 Å². The minimum absolute atomic E-state index is 0.0920. The number of hydrogen-bond donors (Lipinski definition) is 2. The fourth-order valence-electron chi connectivity index (χ4n) is 1.82. The summed E-state index contributed by atoms with van der Waals surface area (Å²) in [6, 6.07) is 14.1. The molecule has 2 nitrogen and oxygen atoms in total. The van der Waals surface area contributed by atoms with E-state index in [2.05, 4.69) is 6.58 Å². The Hall–Kier alpha value is -2.48. The summed E-state index contributed by atoms with van der Waals surface area (Å²) in [5, 5.41) is 18.5. The first-order valence-electron chi connectivity index (χ1n) is 6.08. The zero-order valence-electron chi connectivity index (χ0n) is 10.5. The van der Waals surface area contributed by atoms with E-state index in [1.807, 2.05) is 42.5 Å². The first kappa shape index (κ1) is 13.0. The molecule has 2 rings (SSSR count). The van der Waals surface area contributed by atoms with E-state index in [1.54, 1.807) is 24.3 Å². The van der Waals surface area contributed by atoms with Crippen LogP contribution in [0.15, 0.2) is 67.3 Å². The zero-order chi connectivity index (χ0) is 13.7. The van der Waals surface area contributed by atoms with Gasteiger partial charge in [0.15, 0.2) is 0 Å². The Morgan fingerprint density at radius 2 is 1.37 bits per heavy atom. The molecule has 0 aromatic heterocycles. The van der Waals surface area contributed by atoms with E-state index in [9.17, 15) is 10.2 Å². The van der Waals surface area contributed by atoms with Crippen molar-refractivity contribution in [1.29, 1.82) is 0 Å². The van der Waals surface area contributed by atoms with Crippen LogP contribution in [0.3, 0.4) is 0 Å². The number of benzene rings is 2. The summed E-state index contributed by atoms with van der Waals surface area (Å²) in [4.78, 5) is 0. The topological polar surface area (TPSA) is 40.5 Å². The Bertz CT molecular complexity index is 565. The predicted octanol–water partition coefficient (Wildman–Crippen LogP) is 4.08. The quantitative estimate of drug-likeness (QED) is 0.805. The number of phenols is 2. The highest BCUT2D eigenvalue weighted by Crippen LogP contribution is 2.22. The van der Waals surface area contributed by atoms with Crippen LogP contribution in [0, 0.1) is 0 Å². The summed E-state index contributed by atoms with van der Waals surface area (Å²) in [7, 11) is 0. The summed E-state index contributed by atoms with van der Waals surface area (Å²) < 4.78 is 0. The highest BCUT2D eigenvalue weighted by Gasteiger charge is 2.03. The van der Waals surface area contributed by atoms with Crippen LogP contribution in [0.1, 0.15) is 17.0 Å². The van der Waals surface area contributed by atoms with Crippen LogP contribution in [0.5, 0.6) is 11.5 Å². The molecular weight excluding hydrogens is 236 g/mol. The number of phenolic OH excluding ortho intramolecular Hbond substituents is 2. The Morgan fingerprint density at radius 1 is 0.842 bits per heavy atom. The lowest BCUT2D eigenvalue weighted by Gasteiger charge is -2.08. The number of rotatable bonds is 4. The van der Waals surface area contributed by atoms with Gasteiger partial charge >= 0.3 is 0 Å². The molecule has 2 N–H and O–H groups in total. The Morgan fingerprint density at radius 3 is 1.89 bits per heavy atom. The van der Waals surface area contributed by atoms with Gasteiger partial charge in [0.25, 0.3) is 0 Å². The van der Waals surface area contributed by atoms with Crippen LogP contribution in [0.2, 0.25) is 0 Å². The molecule has 0 bridgehead atoms. The summed E-state index contributed by atoms with van der Waals surface area (Å²) in [5.41, 5.74) is 2.09. The second-order valence-corrected chi connectivity index (χ2v) is 4.30. The summed E-state index contributed by atoms with van der Waals surface area (Å²) in [5.74, 6) is 0.611. The van der Waals surface area contributed by atoms with Gasteiger partial charge in [-0.05, 0) is 35.4 Å². The van der Waals surface area contributed by atoms with Gasteiger partial charge in [-0.3, -0.25) is 0 Å². The van der Waals surface area contributed by atoms with Crippen molar-refractivity contribution in [2.75, 3.05) is 0 Å². The van der Waals surface area contributed by atoms with Crippen molar-refractivity contribution in [3.05, 3.63) is 78.4 Å². The second-order valence-electron chi connectivity index (χ2n) is 4.30. The molecular formula is C17H16O2. The van der Waals surface area contributed by atoms with Crippen molar-refractivity contribution in [1.82, 2.24) is 0 Å². The van der Waals surface area contributed by atoms with Crippen LogP contribution in [-0.4, -0.2) is 10.2 Å². The maximum absolute atomic E-state index is 9.28. The average molecular weight is 252 g/mol. The number of aromatic hydroxyl groups is 2. The van der Waals surface area contributed by atoms with Crippen molar-refractivity contribution in [3.63, 3.8) is 0 Å². The van der Waals surface area contributed by atoms with Gasteiger partial charge in [0.2, 0.25) is 0 Å². The van der Waals surface area contributed by atoms with E-state index in [1.165, 1.54) is 0 Å². The smallest absolute Gasteiger partial charge is 0.115 e. The molecule has 0 spiro atoms. The lowest BCUT2D eigenvalue weighted by Crippen LogP contribution is -1.89. The van der Waals surface area contributed by atoms with E-state index in [0.717, 1.165) is 11.1 Å². The molecule has 0 unspecified atom stereocenters. The van der Waals surface area contributed by atoms with Crippen LogP contribution < -0.4 is 0 Å². The van der Waals surface area contributed by atoms with Crippen LogP contribution in [0.4, 0.5) is 0 Å². The predicted molar refractivity (Wildman–Crippen MR) is 78.2 cm³/mol. The van der Waals surface area contributed by atoms with Crippen molar-refractivity contribution in [2.24, 2.45) is 0 Å². The van der Waals surface area contributed by atoms with Crippen LogP contribution >= 0.6 is 0 Å². The molecule has 0 fully saturated rings. The molecule has 0 heterocycles. The average Bonchev–Trinajstić information content (AvgIpc) is 2.43. The van der Waals surface area contributed by atoms with Gasteiger partial charge in [0, 0.05) is 5.92 Å². The lowest BCUT2D eigenvalue weighted by molar-refractivity contribution is 0.474. The highest BCUT2D eigenvalue weighted by molar-refractivity contribution is 5.52. The van der Waals surface area contributed by atoms with Gasteiger partial charge < -0.3 is 10.2 Å². The molecule has 2 heteroatoms. The molecule has 0 aliphatic rings. The van der Waals surface area contributed by atoms with Crippen LogP contribution in [-0.2, 0) is 0 Å². The highest BCUT2D eigenvalue weighted by atomic mass is 16.3.